The van der Waals surface area contributed by atoms with Gasteiger partial charge in [0.2, 0.25) is 0 Å². The summed E-state index contributed by atoms with van der Waals surface area (Å²) in [5.74, 6) is -0.771. The summed E-state index contributed by atoms with van der Waals surface area (Å²) in [6, 6.07) is 6.87. The maximum absolute atomic E-state index is 13.2. The van der Waals surface area contributed by atoms with Crippen LogP contribution in [-0.4, -0.2) is 10.9 Å². The zero-order valence-corrected chi connectivity index (χ0v) is 13.0. The fourth-order valence-electron chi connectivity index (χ4n) is 1.73. The summed E-state index contributed by atoms with van der Waals surface area (Å²) in [6.07, 6.45) is 0. The monoisotopic (exact) mass is 326 g/mol. The molecule has 0 saturated carbocycles. The summed E-state index contributed by atoms with van der Waals surface area (Å²) in [7, 11) is 0. The lowest BCUT2D eigenvalue weighted by Crippen LogP contribution is -2.13. The number of rotatable bonds is 3. The van der Waals surface area contributed by atoms with Gasteiger partial charge in [-0.3, -0.25) is 4.79 Å². The van der Waals surface area contributed by atoms with Crippen molar-refractivity contribution in [2.45, 2.75) is 19.8 Å². The third-order valence-corrected chi connectivity index (χ3v) is 3.37. The minimum Gasteiger partial charge on any atom is -0.321 e. The van der Waals surface area contributed by atoms with E-state index in [4.69, 9.17) is 23.2 Å². The van der Waals surface area contributed by atoms with Crippen LogP contribution >= 0.6 is 23.2 Å². The average molecular weight is 327 g/mol. The van der Waals surface area contributed by atoms with Crippen molar-refractivity contribution < 1.29 is 9.18 Å². The summed E-state index contributed by atoms with van der Waals surface area (Å²) in [5, 5.41) is 3.05. The summed E-state index contributed by atoms with van der Waals surface area (Å²) in [4.78, 5) is 16.4. The van der Waals surface area contributed by atoms with E-state index in [9.17, 15) is 9.18 Å². The molecule has 1 N–H and O–H groups in total. The Labute approximate surface area is 132 Å². The van der Waals surface area contributed by atoms with Gasteiger partial charge in [0.15, 0.2) is 0 Å². The van der Waals surface area contributed by atoms with E-state index in [1.165, 1.54) is 18.2 Å². The maximum Gasteiger partial charge on any atom is 0.255 e. The van der Waals surface area contributed by atoms with E-state index in [1.54, 1.807) is 6.07 Å². The van der Waals surface area contributed by atoms with Crippen LogP contribution in [0.25, 0.3) is 0 Å². The molecule has 110 valence electrons. The number of nitrogens with zero attached hydrogens (tertiary/aromatic N) is 1. The maximum atomic E-state index is 13.2. The van der Waals surface area contributed by atoms with Crippen LogP contribution in [-0.2, 0) is 0 Å². The van der Waals surface area contributed by atoms with Crippen LogP contribution in [0.15, 0.2) is 30.3 Å². The lowest BCUT2D eigenvalue weighted by Gasteiger charge is -2.10. The lowest BCUT2D eigenvalue weighted by atomic mass is 10.1. The number of nitrogens with one attached hydrogen (secondary N) is 1. The Kier molecular flexibility index (Phi) is 4.80. The van der Waals surface area contributed by atoms with Gasteiger partial charge in [0.1, 0.15) is 11.0 Å². The lowest BCUT2D eigenvalue weighted by molar-refractivity contribution is 0.102. The van der Waals surface area contributed by atoms with Gasteiger partial charge in [0.25, 0.3) is 5.91 Å². The van der Waals surface area contributed by atoms with E-state index in [2.05, 4.69) is 10.3 Å². The number of benzene rings is 1. The molecule has 21 heavy (non-hydrogen) atoms. The molecule has 6 heteroatoms. The number of aromatic nitrogens is 1. The number of hydrogen-bond donors (Lipinski definition) is 1. The summed E-state index contributed by atoms with van der Waals surface area (Å²) in [6.45, 7) is 3.90. The van der Waals surface area contributed by atoms with Gasteiger partial charge >= 0.3 is 0 Å². The van der Waals surface area contributed by atoms with Gasteiger partial charge in [-0.1, -0.05) is 37.0 Å². The Morgan fingerprint density at radius 3 is 2.62 bits per heavy atom. The second-order valence-corrected chi connectivity index (χ2v) is 5.63. The Bertz CT molecular complexity index is 689. The molecule has 2 aromatic rings. The van der Waals surface area contributed by atoms with Crippen LogP contribution in [0.1, 0.15) is 35.8 Å². The molecule has 0 bridgehead atoms. The molecule has 1 aromatic carbocycles. The highest BCUT2D eigenvalue weighted by Crippen LogP contribution is 2.24. The van der Waals surface area contributed by atoms with Gasteiger partial charge in [-0.2, -0.15) is 0 Å². The molecule has 3 nitrogen and oxygen atoms in total. The van der Waals surface area contributed by atoms with Crippen molar-refractivity contribution in [2.24, 2.45) is 0 Å². The zero-order chi connectivity index (χ0) is 15.6. The molecule has 2 rings (SSSR count). The van der Waals surface area contributed by atoms with Crippen molar-refractivity contribution in [3.63, 3.8) is 0 Å². The molecule has 1 aromatic heterocycles. The largest absolute Gasteiger partial charge is 0.321 e. The molecule has 0 fully saturated rings. The van der Waals surface area contributed by atoms with Crippen LogP contribution in [0.2, 0.25) is 10.2 Å². The fraction of sp³-hybridized carbons (Fsp3) is 0.200. The van der Waals surface area contributed by atoms with Crippen molar-refractivity contribution in [1.82, 2.24) is 4.98 Å². The summed E-state index contributed by atoms with van der Waals surface area (Å²) in [5.41, 5.74) is 1.26. The molecule has 0 aliphatic rings. The first-order valence-electron chi connectivity index (χ1n) is 6.30. The first-order valence-corrected chi connectivity index (χ1v) is 7.06. The Hall–Kier alpha value is -1.65. The van der Waals surface area contributed by atoms with E-state index in [0.717, 1.165) is 6.07 Å². The highest BCUT2D eigenvalue weighted by Gasteiger charge is 2.13. The number of carbonyl (C=O) groups is 1. The van der Waals surface area contributed by atoms with Crippen LogP contribution < -0.4 is 5.32 Å². The number of halogens is 3. The second-order valence-electron chi connectivity index (χ2n) is 4.84. The van der Waals surface area contributed by atoms with E-state index in [1.807, 2.05) is 13.8 Å². The van der Waals surface area contributed by atoms with E-state index in [-0.39, 0.29) is 21.8 Å². The van der Waals surface area contributed by atoms with Gasteiger partial charge in [0, 0.05) is 11.3 Å². The molecule has 0 atom stereocenters. The molecule has 0 unspecified atom stereocenters. The quantitative estimate of drug-likeness (QED) is 0.815. The van der Waals surface area contributed by atoms with Crippen molar-refractivity contribution in [1.29, 1.82) is 0 Å². The van der Waals surface area contributed by atoms with Crippen molar-refractivity contribution in [3.8, 4) is 0 Å². The van der Waals surface area contributed by atoms with E-state index < -0.39 is 11.7 Å². The first-order chi connectivity index (χ1) is 9.86. The molecular formula is C15H13Cl2FN2O. The van der Waals surface area contributed by atoms with Gasteiger partial charge < -0.3 is 5.32 Å². The third kappa shape index (κ3) is 3.93. The van der Waals surface area contributed by atoms with E-state index in [0.29, 0.717) is 11.3 Å². The standard InChI is InChI=1S/C15H13Cl2FN2O/c1-8(2)12-5-9(6-14(17)19-12)15(21)20-13-7-10(18)3-4-11(13)16/h3-8H,1-2H3,(H,20,21). The van der Waals surface area contributed by atoms with Gasteiger partial charge in [0.05, 0.1) is 10.7 Å². The smallest absolute Gasteiger partial charge is 0.255 e. The Morgan fingerprint density at radius 2 is 1.95 bits per heavy atom. The SMILES string of the molecule is CC(C)c1cc(C(=O)Nc2cc(F)ccc2Cl)cc(Cl)n1. The van der Waals surface area contributed by atoms with Crippen LogP contribution in [0.5, 0.6) is 0 Å². The number of carbonyl (C=O) groups excluding carboxylic acids is 1. The Balaban J connectivity index is 2.30. The summed E-state index contributed by atoms with van der Waals surface area (Å²) >= 11 is 11.8. The predicted molar refractivity (Wildman–Crippen MR) is 82.7 cm³/mol. The molecule has 0 radical (unpaired) electrons. The van der Waals surface area contributed by atoms with E-state index >= 15 is 0 Å². The third-order valence-electron chi connectivity index (χ3n) is 2.84. The molecular weight excluding hydrogens is 314 g/mol. The van der Waals surface area contributed by atoms with Crippen LogP contribution in [0.4, 0.5) is 10.1 Å². The predicted octanol–water partition coefficient (Wildman–Crippen LogP) is 4.90. The minimum absolute atomic E-state index is 0.132. The molecule has 0 saturated heterocycles. The van der Waals surface area contributed by atoms with Crippen LogP contribution in [0.3, 0.4) is 0 Å². The molecule has 0 aliphatic heterocycles. The number of amides is 1. The normalized spacial score (nSPS) is 10.8. The fourth-order valence-corrected chi connectivity index (χ4v) is 2.11. The molecule has 0 aliphatic carbocycles. The number of pyridine rings is 1. The van der Waals surface area contributed by atoms with Gasteiger partial charge in [-0.05, 0) is 36.2 Å². The second kappa shape index (κ2) is 6.41. The first kappa shape index (κ1) is 15.7. The van der Waals surface area contributed by atoms with Gasteiger partial charge in [-0.25, -0.2) is 9.37 Å². The zero-order valence-electron chi connectivity index (χ0n) is 11.5. The highest BCUT2D eigenvalue weighted by atomic mass is 35.5. The average Bonchev–Trinajstić information content (AvgIpc) is 2.42. The Morgan fingerprint density at radius 1 is 1.24 bits per heavy atom. The molecule has 1 heterocycles. The van der Waals surface area contributed by atoms with Crippen molar-refractivity contribution >= 4 is 34.8 Å². The minimum atomic E-state index is -0.481. The number of hydrogen-bond acceptors (Lipinski definition) is 2. The van der Waals surface area contributed by atoms with Crippen molar-refractivity contribution in [3.05, 3.63) is 57.6 Å². The topological polar surface area (TPSA) is 42.0 Å². The molecule has 1 amide bonds. The van der Waals surface area contributed by atoms with Gasteiger partial charge in [-0.15, -0.1) is 0 Å². The van der Waals surface area contributed by atoms with Crippen molar-refractivity contribution in [2.75, 3.05) is 5.32 Å². The highest BCUT2D eigenvalue weighted by molar-refractivity contribution is 6.34. The molecule has 0 spiro atoms. The number of anilines is 1. The van der Waals surface area contributed by atoms with Crippen LogP contribution in [0, 0.1) is 5.82 Å². The summed E-state index contributed by atoms with van der Waals surface area (Å²) < 4.78 is 13.2.